The molecule has 0 amide bonds. The highest BCUT2D eigenvalue weighted by atomic mass is 35.5. The van der Waals surface area contributed by atoms with Gasteiger partial charge in [-0.3, -0.25) is 0 Å². The summed E-state index contributed by atoms with van der Waals surface area (Å²) in [4.78, 5) is 7.42. The Labute approximate surface area is 101 Å². The second kappa shape index (κ2) is 5.56. The number of hydrogen-bond acceptors (Lipinski definition) is 4. The molecule has 7 heteroatoms. The Hall–Kier alpha value is -0.720. The molecule has 0 unspecified atom stereocenters. The van der Waals surface area contributed by atoms with Gasteiger partial charge in [0.25, 0.3) is 0 Å². The third-order valence-electron chi connectivity index (χ3n) is 2.06. The van der Waals surface area contributed by atoms with E-state index in [4.69, 9.17) is 11.6 Å². The van der Waals surface area contributed by atoms with E-state index in [1.165, 1.54) is 16.7 Å². The molecule has 16 heavy (non-hydrogen) atoms. The van der Waals surface area contributed by atoms with E-state index in [2.05, 4.69) is 9.97 Å². The monoisotopic (exact) mass is 263 g/mol. The molecule has 0 aromatic carbocycles. The number of nitrogens with zero attached hydrogens (tertiary/aromatic N) is 3. The Morgan fingerprint density at radius 2 is 1.88 bits per heavy atom. The van der Waals surface area contributed by atoms with Gasteiger partial charge in [-0.2, -0.15) is 4.31 Å². The zero-order chi connectivity index (χ0) is 12.2. The molecule has 1 aromatic heterocycles. The number of halogens is 1. The lowest BCUT2D eigenvalue weighted by molar-refractivity contribution is 0.426. The van der Waals surface area contributed by atoms with Gasteiger partial charge in [0.1, 0.15) is 4.90 Å². The van der Waals surface area contributed by atoms with E-state index < -0.39 is 10.0 Å². The summed E-state index contributed by atoms with van der Waals surface area (Å²) in [5, 5.41) is 0.0393. The molecule has 1 aromatic rings. The lowest BCUT2D eigenvalue weighted by Gasteiger charge is -2.19. The van der Waals surface area contributed by atoms with Crippen LogP contribution in [0.25, 0.3) is 0 Å². The molecule has 90 valence electrons. The third kappa shape index (κ3) is 2.90. The van der Waals surface area contributed by atoms with Gasteiger partial charge in [0.15, 0.2) is 0 Å². The van der Waals surface area contributed by atoms with E-state index in [9.17, 15) is 8.42 Å². The summed E-state index contributed by atoms with van der Waals surface area (Å²) >= 11 is 5.51. The highest BCUT2D eigenvalue weighted by molar-refractivity contribution is 7.89. The first-order valence-corrected chi connectivity index (χ1v) is 6.81. The fourth-order valence-electron chi connectivity index (χ4n) is 1.28. The van der Waals surface area contributed by atoms with Crippen molar-refractivity contribution in [2.45, 2.75) is 25.2 Å². The highest BCUT2D eigenvalue weighted by Gasteiger charge is 2.22. The van der Waals surface area contributed by atoms with Gasteiger partial charge >= 0.3 is 0 Å². The molecule has 0 aliphatic carbocycles. The van der Waals surface area contributed by atoms with Crippen LogP contribution in [-0.2, 0) is 10.0 Å². The first kappa shape index (κ1) is 13.3. The Morgan fingerprint density at radius 1 is 1.31 bits per heavy atom. The molecule has 0 N–H and O–H groups in total. The minimum Gasteiger partial charge on any atom is -0.225 e. The van der Waals surface area contributed by atoms with Crippen LogP contribution in [0.3, 0.4) is 0 Å². The molecule has 0 saturated heterocycles. The van der Waals surface area contributed by atoms with E-state index in [1.54, 1.807) is 6.92 Å². The number of aromatic nitrogens is 2. The van der Waals surface area contributed by atoms with Crippen molar-refractivity contribution < 1.29 is 8.42 Å². The maximum atomic E-state index is 12.1. The minimum atomic E-state index is -3.48. The molecule has 0 radical (unpaired) electrons. The van der Waals surface area contributed by atoms with E-state index >= 15 is 0 Å². The van der Waals surface area contributed by atoms with Crippen molar-refractivity contribution in [2.75, 3.05) is 13.1 Å². The van der Waals surface area contributed by atoms with Crippen molar-refractivity contribution in [3.8, 4) is 0 Å². The first-order valence-electron chi connectivity index (χ1n) is 5.00. The number of rotatable bonds is 5. The van der Waals surface area contributed by atoms with Crippen LogP contribution >= 0.6 is 11.6 Å². The molecular weight excluding hydrogens is 250 g/mol. The molecule has 0 spiro atoms. The topological polar surface area (TPSA) is 63.2 Å². The SMILES string of the molecule is CCCN(CC)S(=O)(=O)c1cnc(Cl)nc1. The summed E-state index contributed by atoms with van der Waals surface area (Å²) in [6.45, 7) is 4.64. The summed E-state index contributed by atoms with van der Waals surface area (Å²) in [5.74, 6) is 0. The molecule has 5 nitrogen and oxygen atoms in total. The van der Waals surface area contributed by atoms with Crippen molar-refractivity contribution in [2.24, 2.45) is 0 Å². The van der Waals surface area contributed by atoms with Crippen LogP contribution in [0.4, 0.5) is 0 Å². The quantitative estimate of drug-likeness (QED) is 0.756. The Bertz CT molecular complexity index is 433. The van der Waals surface area contributed by atoms with Gasteiger partial charge in [-0.05, 0) is 18.0 Å². The molecule has 0 saturated carbocycles. The number of hydrogen-bond donors (Lipinski definition) is 0. The molecule has 0 bridgehead atoms. The summed E-state index contributed by atoms with van der Waals surface area (Å²) in [5.41, 5.74) is 0. The minimum absolute atomic E-state index is 0.0393. The van der Waals surface area contributed by atoms with Crippen molar-refractivity contribution in [3.63, 3.8) is 0 Å². The highest BCUT2D eigenvalue weighted by Crippen LogP contribution is 2.14. The van der Waals surface area contributed by atoms with Gasteiger partial charge < -0.3 is 0 Å². The fourth-order valence-corrected chi connectivity index (χ4v) is 2.81. The zero-order valence-electron chi connectivity index (χ0n) is 9.22. The maximum absolute atomic E-state index is 12.1. The van der Waals surface area contributed by atoms with Gasteiger partial charge in [-0.25, -0.2) is 18.4 Å². The second-order valence-electron chi connectivity index (χ2n) is 3.18. The van der Waals surface area contributed by atoms with E-state index in [0.29, 0.717) is 13.1 Å². The molecular formula is C9H14ClN3O2S. The van der Waals surface area contributed by atoms with Gasteiger partial charge in [0.05, 0.1) is 12.4 Å². The van der Waals surface area contributed by atoms with Crippen LogP contribution in [0.2, 0.25) is 5.28 Å². The van der Waals surface area contributed by atoms with Gasteiger partial charge in [-0.1, -0.05) is 13.8 Å². The summed E-state index contributed by atoms with van der Waals surface area (Å²) in [6.07, 6.45) is 3.22. The van der Waals surface area contributed by atoms with E-state index in [-0.39, 0.29) is 10.2 Å². The summed E-state index contributed by atoms with van der Waals surface area (Å²) in [6, 6.07) is 0. The Balaban J connectivity index is 3.04. The third-order valence-corrected chi connectivity index (χ3v) is 4.18. The molecule has 1 heterocycles. The Morgan fingerprint density at radius 3 is 2.31 bits per heavy atom. The summed E-state index contributed by atoms with van der Waals surface area (Å²) < 4.78 is 25.5. The second-order valence-corrected chi connectivity index (χ2v) is 5.46. The van der Waals surface area contributed by atoms with Gasteiger partial charge in [0, 0.05) is 13.1 Å². The van der Waals surface area contributed by atoms with E-state index in [0.717, 1.165) is 6.42 Å². The van der Waals surface area contributed by atoms with Crippen LogP contribution in [-0.4, -0.2) is 35.8 Å². The van der Waals surface area contributed by atoms with Crippen molar-refractivity contribution >= 4 is 21.6 Å². The standard InChI is InChI=1S/C9H14ClN3O2S/c1-3-5-13(4-2)16(14,15)8-6-11-9(10)12-7-8/h6-7H,3-5H2,1-2H3. The fraction of sp³-hybridized carbons (Fsp3) is 0.556. The maximum Gasteiger partial charge on any atom is 0.246 e. The van der Waals surface area contributed by atoms with Gasteiger partial charge in [0.2, 0.25) is 15.3 Å². The van der Waals surface area contributed by atoms with Crippen molar-refractivity contribution in [1.82, 2.24) is 14.3 Å². The van der Waals surface area contributed by atoms with Crippen molar-refractivity contribution in [1.29, 1.82) is 0 Å². The average Bonchev–Trinajstić information content (AvgIpc) is 2.26. The van der Waals surface area contributed by atoms with Gasteiger partial charge in [-0.15, -0.1) is 0 Å². The summed E-state index contributed by atoms with van der Waals surface area (Å²) in [7, 11) is -3.48. The molecule has 0 aliphatic heterocycles. The predicted octanol–water partition coefficient (Wildman–Crippen LogP) is 1.55. The molecule has 0 atom stereocenters. The van der Waals surface area contributed by atoms with Crippen LogP contribution < -0.4 is 0 Å². The van der Waals surface area contributed by atoms with E-state index in [1.807, 2.05) is 6.92 Å². The lowest BCUT2D eigenvalue weighted by atomic mass is 10.5. The normalized spacial score (nSPS) is 12.0. The van der Waals surface area contributed by atoms with Crippen LogP contribution in [0.15, 0.2) is 17.3 Å². The zero-order valence-corrected chi connectivity index (χ0v) is 10.8. The Kier molecular flexibility index (Phi) is 4.64. The molecule has 0 aliphatic rings. The smallest absolute Gasteiger partial charge is 0.225 e. The number of sulfonamides is 1. The first-order chi connectivity index (χ1) is 7.52. The molecule has 0 fully saturated rings. The largest absolute Gasteiger partial charge is 0.246 e. The van der Waals surface area contributed by atoms with Crippen LogP contribution in [0.5, 0.6) is 0 Å². The molecule has 1 rings (SSSR count). The van der Waals surface area contributed by atoms with Crippen LogP contribution in [0.1, 0.15) is 20.3 Å². The van der Waals surface area contributed by atoms with Crippen LogP contribution in [0, 0.1) is 0 Å². The lowest BCUT2D eigenvalue weighted by Crippen LogP contribution is -2.31. The average molecular weight is 264 g/mol. The van der Waals surface area contributed by atoms with Crippen molar-refractivity contribution in [3.05, 3.63) is 17.7 Å². The predicted molar refractivity (Wildman–Crippen MR) is 61.8 cm³/mol.